The number of anilines is 1. The van der Waals surface area contributed by atoms with Gasteiger partial charge in [0.1, 0.15) is 6.07 Å². The molecule has 1 aromatic carbocycles. The van der Waals surface area contributed by atoms with Crippen LogP contribution in [0.5, 0.6) is 0 Å². The van der Waals surface area contributed by atoms with E-state index in [4.69, 9.17) is 11.0 Å². The van der Waals surface area contributed by atoms with Gasteiger partial charge in [-0.3, -0.25) is 0 Å². The molecule has 0 aromatic heterocycles. The number of halogens is 2. The molecule has 0 saturated heterocycles. The molecule has 0 heterocycles. The molecule has 1 aliphatic rings. The maximum absolute atomic E-state index is 14.2. The highest BCUT2D eigenvalue weighted by Crippen LogP contribution is 2.31. The van der Waals surface area contributed by atoms with E-state index in [-0.39, 0.29) is 10.5 Å². The minimum Gasteiger partial charge on any atom is -0.378 e. The van der Waals surface area contributed by atoms with Crippen LogP contribution < -0.4 is 11.1 Å². The van der Waals surface area contributed by atoms with Crippen LogP contribution in [0, 0.1) is 23.1 Å². The zero-order valence-electron chi connectivity index (χ0n) is 11.3. The predicted octanol–water partition coefficient (Wildman–Crippen LogP) is 3.78. The number of benzene rings is 1. The Labute approximate surface area is 127 Å². The van der Waals surface area contributed by atoms with Crippen LogP contribution in [-0.4, -0.2) is 12.6 Å². The second-order valence-electron chi connectivity index (χ2n) is 5.29. The molecule has 20 heavy (non-hydrogen) atoms. The number of nitriles is 1. The Bertz CT molecular complexity index is 507. The molecular weight excluding hydrogens is 321 g/mol. The first-order valence-corrected chi connectivity index (χ1v) is 7.81. The first-order valence-electron chi connectivity index (χ1n) is 7.02. The van der Waals surface area contributed by atoms with Gasteiger partial charge in [-0.15, -0.1) is 0 Å². The number of hydrogen-bond acceptors (Lipinski definition) is 3. The molecule has 1 aliphatic carbocycles. The van der Waals surface area contributed by atoms with E-state index in [1.165, 1.54) is 19.3 Å². The van der Waals surface area contributed by atoms with Gasteiger partial charge in [0.2, 0.25) is 0 Å². The van der Waals surface area contributed by atoms with Gasteiger partial charge in [0.25, 0.3) is 0 Å². The zero-order valence-corrected chi connectivity index (χ0v) is 12.9. The third-order valence-corrected chi connectivity index (χ3v) is 4.79. The molecule has 2 rings (SSSR count). The Hall–Kier alpha value is -1.12. The van der Waals surface area contributed by atoms with Crippen LogP contribution in [0.2, 0.25) is 0 Å². The quantitative estimate of drug-likeness (QED) is 0.877. The van der Waals surface area contributed by atoms with Crippen molar-refractivity contribution in [2.24, 2.45) is 11.7 Å². The Morgan fingerprint density at radius 3 is 2.70 bits per heavy atom. The highest BCUT2D eigenvalue weighted by molar-refractivity contribution is 9.10. The smallest absolute Gasteiger partial charge is 0.161 e. The van der Waals surface area contributed by atoms with Crippen molar-refractivity contribution in [1.82, 2.24) is 0 Å². The molecule has 3 nitrogen and oxygen atoms in total. The minimum absolute atomic E-state index is 0.0876. The summed E-state index contributed by atoms with van der Waals surface area (Å²) in [4.78, 5) is 0. The third kappa shape index (κ3) is 3.31. The Morgan fingerprint density at radius 1 is 1.40 bits per heavy atom. The molecule has 5 heteroatoms. The van der Waals surface area contributed by atoms with Crippen LogP contribution >= 0.6 is 15.9 Å². The van der Waals surface area contributed by atoms with E-state index in [9.17, 15) is 4.39 Å². The summed E-state index contributed by atoms with van der Waals surface area (Å²) in [6, 6.07) is 5.27. The summed E-state index contributed by atoms with van der Waals surface area (Å²) in [5, 5.41) is 12.1. The minimum atomic E-state index is -0.418. The monoisotopic (exact) mass is 339 g/mol. The van der Waals surface area contributed by atoms with Gasteiger partial charge in [0.05, 0.1) is 15.7 Å². The molecule has 108 valence electrons. The maximum atomic E-state index is 14.2. The van der Waals surface area contributed by atoms with Gasteiger partial charge in [0, 0.05) is 12.6 Å². The van der Waals surface area contributed by atoms with Crippen LogP contribution in [0.15, 0.2) is 16.6 Å². The van der Waals surface area contributed by atoms with E-state index < -0.39 is 5.82 Å². The first kappa shape index (κ1) is 15.3. The number of nitrogens with zero attached hydrogens (tertiary/aromatic N) is 1. The molecule has 1 unspecified atom stereocenters. The summed E-state index contributed by atoms with van der Waals surface area (Å²) >= 11 is 3.13. The molecule has 1 fully saturated rings. The highest BCUT2D eigenvalue weighted by atomic mass is 79.9. The fraction of sp³-hybridized carbons (Fsp3) is 0.533. The molecule has 0 radical (unpaired) electrons. The molecular formula is C15H19BrFN3. The zero-order chi connectivity index (χ0) is 14.5. The average molecular weight is 340 g/mol. The van der Waals surface area contributed by atoms with Crippen LogP contribution in [0.25, 0.3) is 0 Å². The first-order chi connectivity index (χ1) is 9.67. The van der Waals surface area contributed by atoms with Crippen LogP contribution in [0.4, 0.5) is 10.1 Å². The van der Waals surface area contributed by atoms with Gasteiger partial charge in [-0.1, -0.05) is 19.3 Å². The molecule has 0 spiro atoms. The summed E-state index contributed by atoms with van der Waals surface area (Å²) < 4.78 is 14.4. The van der Waals surface area contributed by atoms with Gasteiger partial charge in [-0.05, 0) is 46.8 Å². The number of nitrogens with two attached hydrogens (primary N) is 1. The molecule has 3 N–H and O–H groups in total. The molecule has 1 saturated carbocycles. The lowest BCUT2D eigenvalue weighted by molar-refractivity contribution is 0.320. The standard InChI is InChI=1S/C15H19BrFN3/c16-14-11(8-18)6-7-12(15(14)17)20-13(9-19)10-4-2-1-3-5-10/h6-7,10,13,20H,1-5,9,19H2. The summed E-state index contributed by atoms with van der Waals surface area (Å²) in [7, 11) is 0. The van der Waals surface area contributed by atoms with Gasteiger partial charge in [-0.2, -0.15) is 5.26 Å². The largest absolute Gasteiger partial charge is 0.378 e. The molecule has 0 aliphatic heterocycles. The highest BCUT2D eigenvalue weighted by Gasteiger charge is 2.23. The normalized spacial score (nSPS) is 17.5. The van der Waals surface area contributed by atoms with E-state index >= 15 is 0 Å². The van der Waals surface area contributed by atoms with E-state index in [0.717, 1.165) is 12.8 Å². The lowest BCUT2D eigenvalue weighted by Crippen LogP contribution is -2.37. The summed E-state index contributed by atoms with van der Waals surface area (Å²) in [5.74, 6) is 0.0841. The van der Waals surface area contributed by atoms with E-state index in [1.54, 1.807) is 12.1 Å². The van der Waals surface area contributed by atoms with E-state index in [0.29, 0.717) is 23.7 Å². The fourth-order valence-electron chi connectivity index (χ4n) is 2.85. The lowest BCUT2D eigenvalue weighted by Gasteiger charge is -2.31. The Morgan fingerprint density at radius 2 is 2.10 bits per heavy atom. The lowest BCUT2D eigenvalue weighted by atomic mass is 9.84. The van der Waals surface area contributed by atoms with Crippen molar-refractivity contribution in [3.63, 3.8) is 0 Å². The van der Waals surface area contributed by atoms with Crippen LogP contribution in [0.3, 0.4) is 0 Å². The van der Waals surface area contributed by atoms with Crippen molar-refractivity contribution < 1.29 is 4.39 Å². The number of nitrogens with one attached hydrogen (secondary N) is 1. The summed E-state index contributed by atoms with van der Waals surface area (Å²) in [6.07, 6.45) is 6.03. The number of rotatable bonds is 4. The van der Waals surface area contributed by atoms with Gasteiger partial charge >= 0.3 is 0 Å². The van der Waals surface area contributed by atoms with Gasteiger partial charge in [0.15, 0.2) is 5.82 Å². The SMILES string of the molecule is N#Cc1ccc(NC(CN)C2CCCCC2)c(F)c1Br. The second kappa shape index (κ2) is 7.05. The van der Waals surface area contributed by atoms with Gasteiger partial charge in [-0.25, -0.2) is 4.39 Å². The van der Waals surface area contributed by atoms with Crippen LogP contribution in [0.1, 0.15) is 37.7 Å². The topological polar surface area (TPSA) is 61.8 Å². The second-order valence-corrected chi connectivity index (χ2v) is 6.08. The molecule has 1 atom stereocenters. The Kier molecular flexibility index (Phi) is 5.38. The average Bonchev–Trinajstić information content (AvgIpc) is 2.50. The summed E-state index contributed by atoms with van der Waals surface area (Å²) in [6.45, 7) is 0.488. The summed E-state index contributed by atoms with van der Waals surface area (Å²) in [5.41, 5.74) is 6.56. The van der Waals surface area contributed by atoms with E-state index in [1.807, 2.05) is 6.07 Å². The van der Waals surface area contributed by atoms with Crippen molar-refractivity contribution in [3.05, 3.63) is 28.0 Å². The Balaban J connectivity index is 2.15. The van der Waals surface area contributed by atoms with Crippen LogP contribution in [-0.2, 0) is 0 Å². The maximum Gasteiger partial charge on any atom is 0.161 e. The molecule has 1 aromatic rings. The molecule has 0 amide bonds. The van der Waals surface area contributed by atoms with Crippen molar-refractivity contribution >= 4 is 21.6 Å². The van der Waals surface area contributed by atoms with E-state index in [2.05, 4.69) is 21.2 Å². The van der Waals surface area contributed by atoms with Gasteiger partial charge < -0.3 is 11.1 Å². The predicted molar refractivity (Wildman–Crippen MR) is 81.9 cm³/mol. The van der Waals surface area contributed by atoms with Crippen molar-refractivity contribution in [1.29, 1.82) is 5.26 Å². The van der Waals surface area contributed by atoms with Crippen molar-refractivity contribution in [2.75, 3.05) is 11.9 Å². The van der Waals surface area contributed by atoms with Crippen molar-refractivity contribution in [2.45, 2.75) is 38.1 Å². The molecule has 0 bridgehead atoms. The van der Waals surface area contributed by atoms with Crippen molar-refractivity contribution in [3.8, 4) is 6.07 Å². The number of hydrogen-bond donors (Lipinski definition) is 2. The third-order valence-electron chi connectivity index (χ3n) is 4.02. The fourth-order valence-corrected chi connectivity index (χ4v) is 3.29.